The minimum Gasteiger partial charge on any atom is -0.399 e. The lowest BCUT2D eigenvalue weighted by molar-refractivity contribution is -0.143. The zero-order chi connectivity index (χ0) is 20.3. The van der Waals surface area contributed by atoms with E-state index in [1.807, 2.05) is 52.0 Å². The van der Waals surface area contributed by atoms with E-state index in [1.165, 1.54) is 4.90 Å². The van der Waals surface area contributed by atoms with E-state index < -0.39 is 23.9 Å². The quantitative estimate of drug-likeness (QED) is 0.807. The van der Waals surface area contributed by atoms with Crippen LogP contribution in [0.15, 0.2) is 36.8 Å². The summed E-state index contributed by atoms with van der Waals surface area (Å²) in [7, 11) is 1.23. The second-order valence-electron chi connectivity index (χ2n) is 8.69. The van der Waals surface area contributed by atoms with Crippen LogP contribution < -0.4 is 5.46 Å². The lowest BCUT2D eigenvalue weighted by Crippen LogP contribution is -2.41. The molecule has 2 aromatic rings. The number of hydrogen-bond donors (Lipinski definition) is 1. The summed E-state index contributed by atoms with van der Waals surface area (Å²) in [6.07, 6.45) is 3.66. The number of hydrogen-bond acceptors (Lipinski definition) is 5. The maximum absolute atomic E-state index is 12.3. The van der Waals surface area contributed by atoms with E-state index in [4.69, 9.17) is 9.31 Å². The summed E-state index contributed by atoms with van der Waals surface area (Å²) in [4.78, 5) is 18.2. The summed E-state index contributed by atoms with van der Waals surface area (Å²) in [5.74, 6) is -0.316. The Kier molecular flexibility index (Phi) is 4.23. The molecule has 3 heterocycles. The van der Waals surface area contributed by atoms with E-state index in [0.29, 0.717) is 18.7 Å². The first-order valence-corrected chi connectivity index (χ1v) is 9.52. The zero-order valence-electron chi connectivity index (χ0n) is 17.0. The van der Waals surface area contributed by atoms with Crippen molar-refractivity contribution < 1.29 is 19.2 Å². The normalized spacial score (nSPS) is 26.3. The molecule has 0 saturated carbocycles. The van der Waals surface area contributed by atoms with Gasteiger partial charge in [-0.3, -0.25) is 4.79 Å². The lowest BCUT2D eigenvalue weighted by Gasteiger charge is -2.32. The SMILES string of the molecule is CN1CCC(O)(c2cn(-c3cccc(B4OC(C)(C)C(C)(C)O4)c3)cn2)C1=O. The third-order valence-corrected chi connectivity index (χ3v) is 6.21. The van der Waals surface area contributed by atoms with Gasteiger partial charge in [0.25, 0.3) is 5.91 Å². The number of imidazole rings is 1. The second-order valence-corrected chi connectivity index (χ2v) is 8.69. The highest BCUT2D eigenvalue weighted by atomic mass is 16.7. The van der Waals surface area contributed by atoms with E-state index in [2.05, 4.69) is 4.98 Å². The molecule has 0 aliphatic carbocycles. The van der Waals surface area contributed by atoms with Gasteiger partial charge in [-0.1, -0.05) is 12.1 Å². The van der Waals surface area contributed by atoms with Crippen molar-refractivity contribution in [3.63, 3.8) is 0 Å². The monoisotopic (exact) mass is 383 g/mol. The van der Waals surface area contributed by atoms with Crippen LogP contribution >= 0.6 is 0 Å². The van der Waals surface area contributed by atoms with Crippen LogP contribution in [-0.4, -0.2) is 57.4 Å². The van der Waals surface area contributed by atoms with Crippen molar-refractivity contribution in [3.8, 4) is 5.69 Å². The number of likely N-dealkylation sites (tertiary alicyclic amines) is 1. The first-order valence-electron chi connectivity index (χ1n) is 9.52. The predicted octanol–water partition coefficient (Wildman–Crippen LogP) is 1.22. The maximum atomic E-state index is 12.3. The second kappa shape index (κ2) is 6.17. The van der Waals surface area contributed by atoms with Gasteiger partial charge >= 0.3 is 7.12 Å². The van der Waals surface area contributed by atoms with Crippen LogP contribution in [0.5, 0.6) is 0 Å². The lowest BCUT2D eigenvalue weighted by atomic mass is 9.79. The van der Waals surface area contributed by atoms with E-state index in [-0.39, 0.29) is 5.91 Å². The minimum absolute atomic E-state index is 0.316. The number of nitrogens with zero attached hydrogens (tertiary/aromatic N) is 3. The van der Waals surface area contributed by atoms with E-state index in [9.17, 15) is 9.90 Å². The highest BCUT2D eigenvalue weighted by Gasteiger charge is 2.51. The van der Waals surface area contributed by atoms with Gasteiger partial charge in [0.05, 0.1) is 17.5 Å². The van der Waals surface area contributed by atoms with Crippen LogP contribution in [-0.2, 0) is 19.7 Å². The molecule has 4 rings (SSSR count). The van der Waals surface area contributed by atoms with Gasteiger partial charge < -0.3 is 23.9 Å². The maximum Gasteiger partial charge on any atom is 0.494 e. The van der Waals surface area contributed by atoms with E-state index >= 15 is 0 Å². The van der Waals surface area contributed by atoms with Gasteiger partial charge in [0.15, 0.2) is 5.60 Å². The molecule has 7 nitrogen and oxygen atoms in total. The molecule has 0 radical (unpaired) electrons. The summed E-state index contributed by atoms with van der Waals surface area (Å²) < 4.78 is 14.1. The molecule has 1 amide bonds. The Labute approximate surface area is 165 Å². The Hall–Kier alpha value is -2.16. The molecule has 8 heteroatoms. The molecular weight excluding hydrogens is 357 g/mol. The van der Waals surface area contributed by atoms with Gasteiger partial charge in [-0.05, 0) is 45.3 Å². The number of rotatable bonds is 3. The van der Waals surface area contributed by atoms with Crippen molar-refractivity contribution in [2.24, 2.45) is 0 Å². The molecule has 1 aromatic heterocycles. The highest BCUT2D eigenvalue weighted by molar-refractivity contribution is 6.62. The standard InChI is InChI=1S/C20H26BN3O4/c1-18(2)19(3,4)28-21(27-18)14-7-6-8-15(11-14)24-12-16(22-13-24)20(26)9-10-23(5)17(20)25/h6-8,11-13,26H,9-10H2,1-5H3. The number of benzene rings is 1. The summed E-state index contributed by atoms with van der Waals surface area (Å²) in [5, 5.41) is 10.8. The Morgan fingerprint density at radius 1 is 1.18 bits per heavy atom. The molecule has 28 heavy (non-hydrogen) atoms. The molecule has 1 unspecified atom stereocenters. The van der Waals surface area contributed by atoms with Crippen LogP contribution in [0.1, 0.15) is 39.8 Å². The van der Waals surface area contributed by atoms with Gasteiger partial charge in [0.2, 0.25) is 0 Å². The van der Waals surface area contributed by atoms with Crippen molar-refractivity contribution in [1.82, 2.24) is 14.5 Å². The van der Waals surface area contributed by atoms with Crippen molar-refractivity contribution in [3.05, 3.63) is 42.5 Å². The van der Waals surface area contributed by atoms with E-state index in [0.717, 1.165) is 11.2 Å². The summed E-state index contributed by atoms with van der Waals surface area (Å²) in [6, 6.07) is 7.80. The topological polar surface area (TPSA) is 76.8 Å². The molecule has 1 atom stereocenters. The Balaban J connectivity index is 1.62. The molecular formula is C20H26BN3O4. The van der Waals surface area contributed by atoms with Gasteiger partial charge in [0, 0.05) is 31.9 Å². The highest BCUT2D eigenvalue weighted by Crippen LogP contribution is 2.36. The zero-order valence-corrected chi connectivity index (χ0v) is 17.0. The third kappa shape index (κ3) is 2.87. The predicted molar refractivity (Wildman–Crippen MR) is 105 cm³/mol. The molecule has 1 N–H and O–H groups in total. The Bertz CT molecular complexity index is 910. The number of carbonyl (C=O) groups excluding carboxylic acids is 1. The summed E-state index contributed by atoms with van der Waals surface area (Å²) in [6.45, 7) is 8.61. The molecule has 0 bridgehead atoms. The molecule has 2 fully saturated rings. The van der Waals surface area contributed by atoms with E-state index in [1.54, 1.807) is 24.1 Å². The third-order valence-electron chi connectivity index (χ3n) is 6.21. The number of likely N-dealkylation sites (N-methyl/N-ethyl adjacent to an activating group) is 1. The summed E-state index contributed by atoms with van der Waals surface area (Å²) in [5.41, 5.74) is -0.247. The average Bonchev–Trinajstić information content (AvgIpc) is 3.29. The van der Waals surface area contributed by atoms with Crippen LogP contribution in [0.3, 0.4) is 0 Å². The smallest absolute Gasteiger partial charge is 0.399 e. The van der Waals surface area contributed by atoms with Crippen molar-refractivity contribution >= 4 is 18.5 Å². The largest absolute Gasteiger partial charge is 0.494 e. The van der Waals surface area contributed by atoms with Crippen molar-refractivity contribution in [2.45, 2.75) is 50.9 Å². The average molecular weight is 383 g/mol. The summed E-state index contributed by atoms with van der Waals surface area (Å²) >= 11 is 0. The number of carbonyl (C=O) groups is 1. The van der Waals surface area contributed by atoms with Crippen molar-refractivity contribution in [2.75, 3.05) is 13.6 Å². The first-order chi connectivity index (χ1) is 13.0. The van der Waals surface area contributed by atoms with Crippen LogP contribution in [0, 0.1) is 0 Å². The van der Waals surface area contributed by atoms with Crippen LogP contribution in [0.4, 0.5) is 0 Å². The van der Waals surface area contributed by atoms with Crippen LogP contribution in [0.2, 0.25) is 0 Å². The van der Waals surface area contributed by atoms with Crippen LogP contribution in [0.25, 0.3) is 5.69 Å². The molecule has 148 valence electrons. The van der Waals surface area contributed by atoms with Gasteiger partial charge in [-0.25, -0.2) is 4.98 Å². The molecule has 1 aromatic carbocycles. The fraction of sp³-hybridized carbons (Fsp3) is 0.500. The van der Waals surface area contributed by atoms with Gasteiger partial charge in [0.1, 0.15) is 5.69 Å². The molecule has 2 aliphatic rings. The molecule has 0 spiro atoms. The van der Waals surface area contributed by atoms with Gasteiger partial charge in [-0.2, -0.15) is 0 Å². The van der Waals surface area contributed by atoms with Crippen molar-refractivity contribution in [1.29, 1.82) is 0 Å². The van der Waals surface area contributed by atoms with Gasteiger partial charge in [-0.15, -0.1) is 0 Å². The molecule has 2 saturated heterocycles. The minimum atomic E-state index is -1.55. The number of amides is 1. The fourth-order valence-electron chi connectivity index (χ4n) is 3.58. The number of aromatic nitrogens is 2. The fourth-order valence-corrected chi connectivity index (χ4v) is 3.58. The Morgan fingerprint density at radius 2 is 1.86 bits per heavy atom. The first kappa shape index (κ1) is 19.2. The Morgan fingerprint density at radius 3 is 2.46 bits per heavy atom. The number of aliphatic hydroxyl groups is 1. The molecule has 2 aliphatic heterocycles.